The Balaban J connectivity index is 1.57. The van der Waals surface area contributed by atoms with Gasteiger partial charge in [-0.3, -0.25) is 9.59 Å². The lowest BCUT2D eigenvalue weighted by molar-refractivity contribution is -0.108. The van der Waals surface area contributed by atoms with Crippen LogP contribution in [-0.2, 0) is 13.5 Å². The van der Waals surface area contributed by atoms with Crippen molar-refractivity contribution >= 4 is 28.5 Å². The number of halogens is 2. The number of pyridine rings is 1. The highest BCUT2D eigenvalue weighted by molar-refractivity contribution is 14.1. The van der Waals surface area contributed by atoms with Gasteiger partial charge in [-0.25, -0.2) is 4.39 Å². The van der Waals surface area contributed by atoms with Crippen LogP contribution in [0.2, 0.25) is 0 Å². The predicted octanol–water partition coefficient (Wildman–Crippen LogP) is 2.05. The van der Waals surface area contributed by atoms with Gasteiger partial charge in [0, 0.05) is 35.3 Å². The Bertz CT molecular complexity index is 1030. The van der Waals surface area contributed by atoms with Crippen molar-refractivity contribution in [1.82, 2.24) is 14.8 Å². The van der Waals surface area contributed by atoms with Crippen LogP contribution in [0.25, 0.3) is 0 Å². The van der Waals surface area contributed by atoms with E-state index < -0.39 is 5.60 Å². The van der Waals surface area contributed by atoms with Crippen LogP contribution in [0.15, 0.2) is 35.3 Å². The van der Waals surface area contributed by atoms with Gasteiger partial charge in [-0.1, -0.05) is 12.5 Å². The summed E-state index contributed by atoms with van der Waals surface area (Å²) >= 11 is 2.04. The zero-order chi connectivity index (χ0) is 21.5. The number of hydrogen-bond donors (Lipinski definition) is 2. The molecular formula is C22H25FIN3O3. The molecule has 4 rings (SSSR count). The van der Waals surface area contributed by atoms with E-state index in [1.165, 1.54) is 22.9 Å². The van der Waals surface area contributed by atoms with E-state index >= 15 is 0 Å². The van der Waals surface area contributed by atoms with Crippen LogP contribution < -0.4 is 10.9 Å². The summed E-state index contributed by atoms with van der Waals surface area (Å²) < 4.78 is 16.5. The molecule has 2 N–H and O–H groups in total. The highest BCUT2D eigenvalue weighted by Crippen LogP contribution is 2.31. The summed E-state index contributed by atoms with van der Waals surface area (Å²) in [6.45, 7) is 1.39. The van der Waals surface area contributed by atoms with Gasteiger partial charge in [0.05, 0.1) is 18.7 Å². The van der Waals surface area contributed by atoms with E-state index in [4.69, 9.17) is 0 Å². The van der Waals surface area contributed by atoms with Gasteiger partial charge in [0.1, 0.15) is 11.4 Å². The molecule has 1 aromatic carbocycles. The summed E-state index contributed by atoms with van der Waals surface area (Å²) in [7, 11) is 1.59. The second kappa shape index (κ2) is 8.39. The quantitative estimate of drug-likeness (QED) is 0.600. The smallest absolute Gasteiger partial charge is 0.255 e. The molecule has 30 heavy (non-hydrogen) atoms. The summed E-state index contributed by atoms with van der Waals surface area (Å²) in [4.78, 5) is 27.0. The fraction of sp³-hybridized carbons (Fsp3) is 0.455. The molecule has 2 aliphatic heterocycles. The van der Waals surface area contributed by atoms with Crippen LogP contribution in [0.4, 0.5) is 4.39 Å². The summed E-state index contributed by atoms with van der Waals surface area (Å²) in [6, 6.07) is 6.31. The second-order valence-corrected chi connectivity index (χ2v) is 9.59. The molecule has 6 nitrogen and oxygen atoms in total. The Labute approximate surface area is 188 Å². The molecule has 1 amide bonds. The molecule has 8 heteroatoms. The van der Waals surface area contributed by atoms with Gasteiger partial charge in [0.2, 0.25) is 0 Å². The molecule has 160 valence electrons. The lowest BCUT2D eigenvalue weighted by atomic mass is 9.81. The molecule has 3 heterocycles. The van der Waals surface area contributed by atoms with Gasteiger partial charge in [-0.05, 0) is 65.2 Å². The standard InChI is InChI=1S/C22H25FIN3O3/c1-26-11-17(15(9-20(26)28)8-14-5-6-16(24)10-18(14)23)21(29)27-12-22(30,13-27)19-4-2-3-7-25-19/h5-6,9-11,19,25,30H,2-4,7-8,12-13H2,1H3. The molecule has 0 radical (unpaired) electrons. The number of nitrogens with zero attached hydrogens (tertiary/aromatic N) is 2. The van der Waals surface area contributed by atoms with Crippen molar-refractivity contribution in [2.45, 2.75) is 37.3 Å². The first-order valence-electron chi connectivity index (χ1n) is 10.2. The van der Waals surface area contributed by atoms with Crippen LogP contribution in [0.5, 0.6) is 0 Å². The van der Waals surface area contributed by atoms with Crippen molar-refractivity contribution < 1.29 is 14.3 Å². The van der Waals surface area contributed by atoms with Gasteiger partial charge < -0.3 is 19.9 Å². The molecule has 2 saturated heterocycles. The summed E-state index contributed by atoms with van der Waals surface area (Å²) in [5.74, 6) is -0.602. The maximum Gasteiger partial charge on any atom is 0.255 e. The van der Waals surface area contributed by atoms with Crippen molar-refractivity contribution in [1.29, 1.82) is 0 Å². The molecule has 1 unspecified atom stereocenters. The number of benzene rings is 1. The number of rotatable bonds is 4. The molecule has 0 spiro atoms. The van der Waals surface area contributed by atoms with E-state index in [2.05, 4.69) is 5.32 Å². The number of aryl methyl sites for hydroxylation is 1. The highest BCUT2D eigenvalue weighted by atomic mass is 127. The van der Waals surface area contributed by atoms with E-state index in [9.17, 15) is 19.1 Å². The molecular weight excluding hydrogens is 500 g/mol. The van der Waals surface area contributed by atoms with E-state index in [0.29, 0.717) is 16.7 Å². The number of aromatic nitrogens is 1. The lowest BCUT2D eigenvalue weighted by Crippen LogP contribution is -2.72. The van der Waals surface area contributed by atoms with Crippen molar-refractivity contribution in [3.05, 3.63) is 66.9 Å². The predicted molar refractivity (Wildman–Crippen MR) is 120 cm³/mol. The zero-order valence-electron chi connectivity index (χ0n) is 16.8. The number of carbonyl (C=O) groups excluding carboxylic acids is 1. The number of likely N-dealkylation sites (tertiary alicyclic amines) is 1. The SMILES string of the molecule is Cn1cc(C(=O)N2CC(O)(C3CCCCN3)C2)c(Cc2ccc(I)cc2F)cc1=O. The van der Waals surface area contributed by atoms with Gasteiger partial charge in [-0.15, -0.1) is 0 Å². The van der Waals surface area contributed by atoms with Gasteiger partial charge >= 0.3 is 0 Å². The van der Waals surface area contributed by atoms with Gasteiger partial charge in [0.25, 0.3) is 11.5 Å². The number of hydrogen-bond acceptors (Lipinski definition) is 4. The fourth-order valence-corrected chi connectivity index (χ4v) is 4.79. The molecule has 0 saturated carbocycles. The molecule has 0 bridgehead atoms. The Morgan fingerprint density at radius 2 is 2.07 bits per heavy atom. The van der Waals surface area contributed by atoms with Crippen LogP contribution in [0.1, 0.15) is 40.7 Å². The Kier molecular flexibility index (Phi) is 6.00. The largest absolute Gasteiger partial charge is 0.385 e. The highest BCUT2D eigenvalue weighted by Gasteiger charge is 2.49. The molecule has 2 fully saturated rings. The second-order valence-electron chi connectivity index (χ2n) is 8.34. The van der Waals surface area contributed by atoms with Crippen molar-refractivity contribution in [3.8, 4) is 0 Å². The van der Waals surface area contributed by atoms with Gasteiger partial charge in [-0.2, -0.15) is 0 Å². The molecule has 2 aromatic rings. The minimum Gasteiger partial charge on any atom is -0.385 e. The van der Waals surface area contributed by atoms with Crippen LogP contribution >= 0.6 is 22.6 Å². The lowest BCUT2D eigenvalue weighted by Gasteiger charge is -2.51. The fourth-order valence-electron chi connectivity index (χ4n) is 4.34. The third-order valence-electron chi connectivity index (χ3n) is 6.12. The topological polar surface area (TPSA) is 74.6 Å². The summed E-state index contributed by atoms with van der Waals surface area (Å²) in [5, 5.41) is 14.3. The molecule has 1 aromatic heterocycles. The Morgan fingerprint density at radius 3 is 2.73 bits per heavy atom. The maximum atomic E-state index is 14.4. The first kappa shape index (κ1) is 21.5. The minimum atomic E-state index is -0.918. The number of aliphatic hydroxyl groups is 1. The van der Waals surface area contributed by atoms with Crippen molar-refractivity contribution in [2.24, 2.45) is 7.05 Å². The third kappa shape index (κ3) is 4.17. The molecule has 1 atom stereocenters. The average Bonchev–Trinajstić information content (AvgIpc) is 2.70. The summed E-state index contributed by atoms with van der Waals surface area (Å²) in [6.07, 6.45) is 4.74. The Morgan fingerprint density at radius 1 is 1.30 bits per heavy atom. The van der Waals surface area contributed by atoms with Crippen LogP contribution in [0, 0.1) is 9.39 Å². The average molecular weight is 525 g/mol. The normalized spacial score (nSPS) is 20.7. The number of β-amino-alcohol motifs (C(OH)–C–C–N with tert-alkyl or cyclic N) is 1. The van der Waals surface area contributed by atoms with E-state index in [0.717, 1.165) is 29.4 Å². The van der Waals surface area contributed by atoms with Crippen LogP contribution in [-0.4, -0.2) is 51.8 Å². The van der Waals surface area contributed by atoms with Gasteiger partial charge in [0.15, 0.2) is 0 Å². The summed E-state index contributed by atoms with van der Waals surface area (Å²) in [5.41, 5.74) is 0.130. The van der Waals surface area contributed by atoms with Crippen molar-refractivity contribution in [2.75, 3.05) is 19.6 Å². The number of piperidine rings is 1. The van der Waals surface area contributed by atoms with E-state index in [1.54, 1.807) is 24.1 Å². The molecule has 2 aliphatic rings. The maximum absolute atomic E-state index is 14.4. The minimum absolute atomic E-state index is 0.00390. The Hall–Kier alpha value is -1.78. The third-order valence-corrected chi connectivity index (χ3v) is 6.79. The molecule has 0 aliphatic carbocycles. The van der Waals surface area contributed by atoms with Crippen LogP contribution in [0.3, 0.4) is 0 Å². The van der Waals surface area contributed by atoms with E-state index in [1.807, 2.05) is 22.6 Å². The monoisotopic (exact) mass is 525 g/mol. The first-order chi connectivity index (χ1) is 14.3. The first-order valence-corrected chi connectivity index (χ1v) is 11.2. The number of nitrogens with one attached hydrogen (secondary N) is 1. The van der Waals surface area contributed by atoms with E-state index in [-0.39, 0.29) is 42.8 Å². The zero-order valence-corrected chi connectivity index (χ0v) is 19.0. The van der Waals surface area contributed by atoms with Crippen molar-refractivity contribution in [3.63, 3.8) is 0 Å². The number of amides is 1. The number of carbonyl (C=O) groups is 1.